The van der Waals surface area contributed by atoms with Gasteiger partial charge in [-0.15, -0.1) is 0 Å². The summed E-state index contributed by atoms with van der Waals surface area (Å²) in [6.45, 7) is 1.95. The SMILES string of the molecule is COc1cc(C)ccc1Oc1cc(N)ccc1C(N)=O. The molecule has 1 amide bonds. The Morgan fingerprint density at radius 2 is 1.80 bits per heavy atom. The molecule has 0 unspecified atom stereocenters. The van der Waals surface area contributed by atoms with Crippen molar-refractivity contribution in [2.75, 3.05) is 12.8 Å². The lowest BCUT2D eigenvalue weighted by Crippen LogP contribution is -2.12. The zero-order chi connectivity index (χ0) is 14.7. The summed E-state index contributed by atoms with van der Waals surface area (Å²) in [5.74, 6) is 0.791. The van der Waals surface area contributed by atoms with Gasteiger partial charge in [0.25, 0.3) is 5.91 Å². The van der Waals surface area contributed by atoms with E-state index < -0.39 is 5.91 Å². The van der Waals surface area contributed by atoms with Gasteiger partial charge >= 0.3 is 0 Å². The number of anilines is 1. The average molecular weight is 272 g/mol. The number of amides is 1. The highest BCUT2D eigenvalue weighted by Crippen LogP contribution is 2.34. The fourth-order valence-electron chi connectivity index (χ4n) is 1.80. The van der Waals surface area contributed by atoms with Crippen molar-refractivity contribution in [3.63, 3.8) is 0 Å². The van der Waals surface area contributed by atoms with E-state index in [4.69, 9.17) is 20.9 Å². The zero-order valence-electron chi connectivity index (χ0n) is 11.3. The highest BCUT2D eigenvalue weighted by atomic mass is 16.5. The minimum atomic E-state index is -0.578. The van der Waals surface area contributed by atoms with E-state index in [9.17, 15) is 4.79 Å². The molecule has 0 heterocycles. The summed E-state index contributed by atoms with van der Waals surface area (Å²) in [7, 11) is 1.55. The number of aryl methyl sites for hydroxylation is 1. The van der Waals surface area contributed by atoms with Crippen LogP contribution in [0, 0.1) is 6.92 Å². The van der Waals surface area contributed by atoms with E-state index in [0.29, 0.717) is 22.9 Å². The molecule has 5 nitrogen and oxygen atoms in total. The van der Waals surface area contributed by atoms with Crippen LogP contribution in [-0.2, 0) is 0 Å². The van der Waals surface area contributed by atoms with Crippen molar-refractivity contribution in [3.05, 3.63) is 47.5 Å². The number of ether oxygens (including phenoxy) is 2. The Morgan fingerprint density at radius 3 is 2.45 bits per heavy atom. The lowest BCUT2D eigenvalue weighted by Gasteiger charge is -2.13. The van der Waals surface area contributed by atoms with Gasteiger partial charge in [0.1, 0.15) is 5.75 Å². The van der Waals surface area contributed by atoms with Gasteiger partial charge in [0, 0.05) is 11.8 Å². The highest BCUT2D eigenvalue weighted by Gasteiger charge is 2.13. The molecule has 0 saturated heterocycles. The number of primary amides is 1. The molecule has 4 N–H and O–H groups in total. The monoisotopic (exact) mass is 272 g/mol. The molecule has 0 aliphatic heterocycles. The van der Waals surface area contributed by atoms with Gasteiger partial charge in [-0.2, -0.15) is 0 Å². The van der Waals surface area contributed by atoms with Crippen molar-refractivity contribution in [2.45, 2.75) is 6.92 Å². The molecule has 0 saturated carbocycles. The van der Waals surface area contributed by atoms with E-state index in [1.54, 1.807) is 25.3 Å². The second kappa shape index (κ2) is 5.52. The Labute approximate surface area is 117 Å². The number of methoxy groups -OCH3 is 1. The molecule has 0 bridgehead atoms. The van der Waals surface area contributed by atoms with Gasteiger partial charge in [-0.25, -0.2) is 0 Å². The molecule has 20 heavy (non-hydrogen) atoms. The lowest BCUT2D eigenvalue weighted by molar-refractivity contribution is 0.0998. The zero-order valence-corrected chi connectivity index (χ0v) is 11.3. The summed E-state index contributed by atoms with van der Waals surface area (Å²) in [4.78, 5) is 11.4. The summed E-state index contributed by atoms with van der Waals surface area (Å²) in [6, 6.07) is 10.2. The number of nitrogen functional groups attached to an aromatic ring is 1. The van der Waals surface area contributed by atoms with Crippen LogP contribution in [0.1, 0.15) is 15.9 Å². The van der Waals surface area contributed by atoms with Gasteiger partial charge in [-0.3, -0.25) is 4.79 Å². The van der Waals surface area contributed by atoms with Crippen LogP contribution in [0.5, 0.6) is 17.2 Å². The van der Waals surface area contributed by atoms with Crippen LogP contribution in [-0.4, -0.2) is 13.0 Å². The maximum absolute atomic E-state index is 11.4. The second-order valence-electron chi connectivity index (χ2n) is 4.38. The van der Waals surface area contributed by atoms with Crippen LogP contribution in [0.25, 0.3) is 0 Å². The molecule has 2 aromatic rings. The number of nitrogens with two attached hydrogens (primary N) is 2. The average Bonchev–Trinajstić information content (AvgIpc) is 2.40. The third-order valence-electron chi connectivity index (χ3n) is 2.81. The molecular formula is C15H16N2O3. The van der Waals surface area contributed by atoms with Crippen LogP contribution in [0.2, 0.25) is 0 Å². The van der Waals surface area contributed by atoms with Gasteiger partial charge in [0.05, 0.1) is 12.7 Å². The van der Waals surface area contributed by atoms with Crippen molar-refractivity contribution in [1.82, 2.24) is 0 Å². The van der Waals surface area contributed by atoms with E-state index in [-0.39, 0.29) is 5.56 Å². The predicted molar refractivity (Wildman–Crippen MR) is 77.2 cm³/mol. The van der Waals surface area contributed by atoms with E-state index >= 15 is 0 Å². The Morgan fingerprint density at radius 1 is 1.05 bits per heavy atom. The van der Waals surface area contributed by atoms with E-state index in [1.807, 2.05) is 19.1 Å². The third-order valence-corrected chi connectivity index (χ3v) is 2.81. The molecule has 5 heteroatoms. The summed E-state index contributed by atoms with van der Waals surface area (Å²) >= 11 is 0. The molecule has 0 aliphatic rings. The fraction of sp³-hybridized carbons (Fsp3) is 0.133. The lowest BCUT2D eigenvalue weighted by atomic mass is 10.1. The van der Waals surface area contributed by atoms with E-state index in [0.717, 1.165) is 5.56 Å². The second-order valence-corrected chi connectivity index (χ2v) is 4.38. The van der Waals surface area contributed by atoms with Crippen LogP contribution in [0.15, 0.2) is 36.4 Å². The molecule has 0 spiro atoms. The number of carbonyl (C=O) groups excluding carboxylic acids is 1. The summed E-state index contributed by atoms with van der Waals surface area (Å²) in [5.41, 5.74) is 12.8. The smallest absolute Gasteiger partial charge is 0.252 e. The maximum Gasteiger partial charge on any atom is 0.252 e. The predicted octanol–water partition coefficient (Wildman–Crippen LogP) is 2.48. The largest absolute Gasteiger partial charge is 0.493 e. The molecule has 0 fully saturated rings. The van der Waals surface area contributed by atoms with Crippen LogP contribution >= 0.6 is 0 Å². The van der Waals surface area contributed by atoms with Gasteiger partial charge in [-0.1, -0.05) is 6.07 Å². The van der Waals surface area contributed by atoms with Crippen molar-refractivity contribution in [3.8, 4) is 17.2 Å². The first-order valence-electron chi connectivity index (χ1n) is 6.03. The van der Waals surface area contributed by atoms with Gasteiger partial charge in [0.2, 0.25) is 0 Å². The minimum absolute atomic E-state index is 0.266. The van der Waals surface area contributed by atoms with Crippen molar-refractivity contribution >= 4 is 11.6 Å². The van der Waals surface area contributed by atoms with E-state index in [2.05, 4.69) is 0 Å². The first kappa shape index (κ1) is 13.7. The molecule has 2 rings (SSSR count). The van der Waals surface area contributed by atoms with Gasteiger partial charge in [-0.05, 0) is 36.8 Å². The summed E-state index contributed by atoms with van der Waals surface area (Å²) in [5, 5.41) is 0. The molecular weight excluding hydrogens is 256 g/mol. The minimum Gasteiger partial charge on any atom is -0.493 e. The molecule has 0 radical (unpaired) electrons. The number of hydrogen-bond donors (Lipinski definition) is 2. The molecule has 2 aromatic carbocycles. The Bertz CT molecular complexity index is 654. The fourth-order valence-corrected chi connectivity index (χ4v) is 1.80. The first-order valence-corrected chi connectivity index (χ1v) is 6.03. The molecule has 0 aromatic heterocycles. The molecule has 0 atom stereocenters. The summed E-state index contributed by atoms with van der Waals surface area (Å²) in [6.07, 6.45) is 0. The van der Waals surface area contributed by atoms with Crippen LogP contribution in [0.3, 0.4) is 0 Å². The number of rotatable bonds is 4. The third kappa shape index (κ3) is 2.83. The topological polar surface area (TPSA) is 87.6 Å². The van der Waals surface area contributed by atoms with Crippen LogP contribution in [0.4, 0.5) is 5.69 Å². The Kier molecular flexibility index (Phi) is 3.79. The number of carbonyl (C=O) groups is 1. The highest BCUT2D eigenvalue weighted by molar-refractivity contribution is 5.96. The van der Waals surface area contributed by atoms with Crippen molar-refractivity contribution in [1.29, 1.82) is 0 Å². The van der Waals surface area contributed by atoms with E-state index in [1.165, 1.54) is 6.07 Å². The quantitative estimate of drug-likeness (QED) is 0.837. The van der Waals surface area contributed by atoms with Crippen molar-refractivity contribution in [2.24, 2.45) is 5.73 Å². The Balaban J connectivity index is 2.44. The van der Waals surface area contributed by atoms with Gasteiger partial charge in [0.15, 0.2) is 11.5 Å². The summed E-state index contributed by atoms with van der Waals surface area (Å²) < 4.78 is 11.0. The molecule has 104 valence electrons. The Hall–Kier alpha value is -2.69. The standard InChI is InChI=1S/C15H16N2O3/c1-9-3-6-12(14(7-9)19-2)20-13-8-10(16)4-5-11(13)15(17)18/h3-8H,16H2,1-2H3,(H2,17,18). The van der Waals surface area contributed by atoms with Crippen LogP contribution < -0.4 is 20.9 Å². The maximum atomic E-state index is 11.4. The number of benzene rings is 2. The van der Waals surface area contributed by atoms with Crippen molar-refractivity contribution < 1.29 is 14.3 Å². The molecule has 0 aliphatic carbocycles. The number of hydrogen-bond acceptors (Lipinski definition) is 4. The van der Waals surface area contributed by atoms with Gasteiger partial charge < -0.3 is 20.9 Å². The first-order chi connectivity index (χ1) is 9.51. The normalized spacial score (nSPS) is 10.1.